The molecule has 0 fully saturated rings. The van der Waals surface area contributed by atoms with Gasteiger partial charge in [0, 0.05) is 32.7 Å². The summed E-state index contributed by atoms with van der Waals surface area (Å²) in [6, 6.07) is 6.55. The first-order chi connectivity index (χ1) is 4.83. The van der Waals surface area contributed by atoms with Gasteiger partial charge in [0.2, 0.25) is 0 Å². The second-order valence-corrected chi connectivity index (χ2v) is 2.10. The van der Waals surface area contributed by atoms with Crippen molar-refractivity contribution >= 4 is 18.1 Å². The molecule has 1 aromatic carbocycles. The van der Waals surface area contributed by atoms with E-state index in [1.165, 1.54) is 0 Å². The fourth-order valence-corrected chi connectivity index (χ4v) is 0.695. The summed E-state index contributed by atoms with van der Waals surface area (Å²) in [6.07, 6.45) is 0. The van der Waals surface area contributed by atoms with Crippen LogP contribution in [0.25, 0.3) is 0 Å². The van der Waals surface area contributed by atoms with E-state index in [0.717, 1.165) is 0 Å². The van der Waals surface area contributed by atoms with Crippen LogP contribution in [0.15, 0.2) is 24.3 Å². The first kappa shape index (κ1) is 10.9. The van der Waals surface area contributed by atoms with Gasteiger partial charge < -0.3 is 4.74 Å². The van der Waals surface area contributed by atoms with E-state index < -0.39 is 0 Å². The van der Waals surface area contributed by atoms with Gasteiger partial charge >= 0.3 is 0 Å². The average molecular weight is 357 g/mol. The second-order valence-electron chi connectivity index (χ2n) is 1.67. The summed E-state index contributed by atoms with van der Waals surface area (Å²) in [5.41, 5.74) is 0. The van der Waals surface area contributed by atoms with Gasteiger partial charge in [-0.1, -0.05) is 11.6 Å². The number of halogens is 1. The third kappa shape index (κ3) is 3.72. The standard InChI is InChI=1S/C7H5ClO2.Hg/c8-6-1-3-7(4-2-6)10-5-9;/h1-5H;. The monoisotopic (exact) mass is 358 g/mol. The van der Waals surface area contributed by atoms with Crippen LogP contribution in [0.4, 0.5) is 0 Å². The molecule has 0 aliphatic carbocycles. The summed E-state index contributed by atoms with van der Waals surface area (Å²) < 4.78 is 4.52. The number of hydrogen-bond donors (Lipinski definition) is 0. The van der Waals surface area contributed by atoms with E-state index in [-0.39, 0.29) is 27.7 Å². The first-order valence-electron chi connectivity index (χ1n) is 2.69. The minimum atomic E-state index is 0. The molecule has 4 heteroatoms. The predicted molar refractivity (Wildman–Crippen MR) is 38.1 cm³/mol. The van der Waals surface area contributed by atoms with Gasteiger partial charge in [0.1, 0.15) is 5.75 Å². The molecule has 0 aliphatic heterocycles. The Bertz CT molecular complexity index is 222. The Morgan fingerprint density at radius 3 is 2.27 bits per heavy atom. The second kappa shape index (κ2) is 5.55. The molecule has 2 nitrogen and oxygen atoms in total. The summed E-state index contributed by atoms with van der Waals surface area (Å²) in [7, 11) is 0. The minimum Gasteiger partial charge on any atom is -0.429 e. The normalized spacial score (nSPS) is 8.09. The van der Waals surface area contributed by atoms with Gasteiger partial charge in [0.25, 0.3) is 6.47 Å². The molecule has 11 heavy (non-hydrogen) atoms. The third-order valence-electron chi connectivity index (χ3n) is 0.998. The largest absolute Gasteiger partial charge is 0.429 e. The van der Waals surface area contributed by atoms with Crippen LogP contribution in [0.5, 0.6) is 5.75 Å². The molecule has 0 aliphatic rings. The van der Waals surface area contributed by atoms with Crippen LogP contribution < -0.4 is 4.74 Å². The molecule has 0 spiro atoms. The summed E-state index contributed by atoms with van der Waals surface area (Å²) in [5, 5.41) is 0.623. The van der Waals surface area contributed by atoms with E-state index in [9.17, 15) is 4.79 Å². The molecule has 0 saturated heterocycles. The molecule has 1 rings (SSSR count). The Labute approximate surface area is 90.0 Å². The zero-order valence-corrected chi connectivity index (χ0v) is 12.0. The van der Waals surface area contributed by atoms with Crippen molar-refractivity contribution in [2.75, 3.05) is 0 Å². The van der Waals surface area contributed by atoms with E-state index in [4.69, 9.17) is 11.6 Å². The molecule has 0 amide bonds. The molecular weight excluding hydrogens is 352 g/mol. The van der Waals surface area contributed by atoms with E-state index in [1.807, 2.05) is 0 Å². The van der Waals surface area contributed by atoms with Crippen molar-refractivity contribution in [2.24, 2.45) is 0 Å². The van der Waals surface area contributed by atoms with Crippen molar-refractivity contribution < 1.29 is 37.2 Å². The zero-order chi connectivity index (χ0) is 7.40. The van der Waals surface area contributed by atoms with Crippen molar-refractivity contribution in [2.45, 2.75) is 0 Å². The molecule has 0 saturated carbocycles. The maximum absolute atomic E-state index is 9.80. The van der Waals surface area contributed by atoms with E-state index in [1.54, 1.807) is 24.3 Å². The molecule has 0 heterocycles. The molecule has 0 bridgehead atoms. The van der Waals surface area contributed by atoms with E-state index in [0.29, 0.717) is 17.2 Å². The van der Waals surface area contributed by atoms with Crippen molar-refractivity contribution in [3.63, 3.8) is 0 Å². The number of hydrogen-bond acceptors (Lipinski definition) is 2. The molecule has 0 atom stereocenters. The van der Waals surface area contributed by atoms with E-state index in [2.05, 4.69) is 4.74 Å². The van der Waals surface area contributed by atoms with Crippen molar-refractivity contribution in [1.29, 1.82) is 0 Å². The number of rotatable bonds is 2. The average Bonchev–Trinajstić information content (AvgIpc) is 1.95. The summed E-state index contributed by atoms with van der Waals surface area (Å²) in [4.78, 5) is 9.80. The van der Waals surface area contributed by atoms with Crippen LogP contribution in [0.1, 0.15) is 0 Å². The van der Waals surface area contributed by atoms with E-state index >= 15 is 0 Å². The molecule has 1 aromatic rings. The Hall–Kier alpha value is -0.0849. The van der Waals surface area contributed by atoms with Gasteiger partial charge in [-0.2, -0.15) is 0 Å². The number of carbonyl (C=O) groups is 1. The Morgan fingerprint density at radius 1 is 1.27 bits per heavy atom. The van der Waals surface area contributed by atoms with Gasteiger partial charge in [-0.3, -0.25) is 4.79 Å². The quantitative estimate of drug-likeness (QED) is 0.597. The molecule has 0 aromatic heterocycles. The number of benzene rings is 1. The smallest absolute Gasteiger partial charge is 0.298 e. The number of carbonyl (C=O) groups excluding carboxylic acids is 1. The first-order valence-corrected chi connectivity index (χ1v) is 3.06. The minimum absolute atomic E-state index is 0. The van der Waals surface area contributed by atoms with Gasteiger partial charge in [-0.05, 0) is 24.3 Å². The summed E-state index contributed by atoms with van der Waals surface area (Å²) in [5.74, 6) is 0.499. The van der Waals surface area contributed by atoms with Gasteiger partial charge in [-0.25, -0.2) is 0 Å². The molecule has 0 radical (unpaired) electrons. The van der Waals surface area contributed by atoms with Gasteiger partial charge in [0.15, 0.2) is 0 Å². The molecule has 54 valence electrons. The molecular formula is C7H5ClHgO2. The van der Waals surface area contributed by atoms with Crippen LogP contribution in [0.3, 0.4) is 0 Å². The Kier molecular flexibility index (Phi) is 5.51. The fourth-order valence-electron chi connectivity index (χ4n) is 0.569. The van der Waals surface area contributed by atoms with Gasteiger partial charge in [-0.15, -0.1) is 0 Å². The van der Waals surface area contributed by atoms with Crippen molar-refractivity contribution in [1.82, 2.24) is 0 Å². The van der Waals surface area contributed by atoms with Crippen LogP contribution in [0, 0.1) is 0 Å². The van der Waals surface area contributed by atoms with Crippen molar-refractivity contribution in [3.8, 4) is 5.75 Å². The van der Waals surface area contributed by atoms with Crippen molar-refractivity contribution in [3.05, 3.63) is 29.3 Å². The summed E-state index contributed by atoms with van der Waals surface area (Å²) in [6.45, 7) is 0.378. The topological polar surface area (TPSA) is 26.3 Å². The van der Waals surface area contributed by atoms with Crippen LogP contribution in [-0.4, -0.2) is 6.47 Å². The Balaban J connectivity index is 0.000001000. The van der Waals surface area contributed by atoms with Crippen LogP contribution in [0.2, 0.25) is 5.02 Å². The maximum Gasteiger partial charge on any atom is 0.298 e. The van der Waals surface area contributed by atoms with Gasteiger partial charge in [0.05, 0.1) is 0 Å². The predicted octanol–water partition coefficient (Wildman–Crippen LogP) is 1.87. The third-order valence-corrected chi connectivity index (χ3v) is 1.25. The SMILES string of the molecule is O=COc1ccc(Cl)cc1.[Hg]. The Morgan fingerprint density at radius 2 is 1.82 bits per heavy atom. The molecule has 0 unspecified atom stereocenters. The maximum atomic E-state index is 9.80. The number of ether oxygens (including phenoxy) is 1. The zero-order valence-electron chi connectivity index (χ0n) is 5.79. The fraction of sp³-hybridized carbons (Fsp3) is 0. The summed E-state index contributed by atoms with van der Waals surface area (Å²) >= 11 is 5.57. The van der Waals surface area contributed by atoms with Crippen LogP contribution in [-0.2, 0) is 32.5 Å². The van der Waals surface area contributed by atoms with Crippen LogP contribution >= 0.6 is 11.6 Å². The molecule has 0 N–H and O–H groups in total.